The van der Waals surface area contributed by atoms with Crippen LogP contribution >= 0.6 is 0 Å². The molecule has 1 saturated carbocycles. The van der Waals surface area contributed by atoms with E-state index in [1.165, 1.54) is 6.42 Å². The van der Waals surface area contributed by atoms with Gasteiger partial charge in [0.15, 0.2) is 0 Å². The number of ether oxygens (including phenoxy) is 1. The fraction of sp³-hybridized carbons (Fsp3) is 0.867. The van der Waals surface area contributed by atoms with Crippen LogP contribution in [0.15, 0.2) is 0 Å². The number of hydrogen-bond acceptors (Lipinski definition) is 3. The van der Waals surface area contributed by atoms with Gasteiger partial charge in [0.05, 0.1) is 18.4 Å². The van der Waals surface area contributed by atoms with Gasteiger partial charge in [-0.3, -0.25) is 4.79 Å². The lowest BCUT2D eigenvalue weighted by molar-refractivity contribution is -0.151. The zero-order valence-electron chi connectivity index (χ0n) is 11.9. The molecule has 0 amide bonds. The minimum Gasteiger partial charge on any atom is -0.465 e. The van der Waals surface area contributed by atoms with Gasteiger partial charge in [-0.15, -0.1) is 0 Å². The third kappa shape index (κ3) is 6.08. The molecule has 1 atom stereocenters. The van der Waals surface area contributed by atoms with E-state index in [-0.39, 0.29) is 17.8 Å². The summed E-state index contributed by atoms with van der Waals surface area (Å²) in [7, 11) is 0. The highest BCUT2D eigenvalue weighted by molar-refractivity contribution is 5.72. The van der Waals surface area contributed by atoms with E-state index in [0.29, 0.717) is 19.4 Å². The number of unbranched alkanes of at least 4 members (excludes halogenated alkanes) is 1. The first-order valence-corrected chi connectivity index (χ1v) is 7.52. The van der Waals surface area contributed by atoms with E-state index in [9.17, 15) is 14.7 Å². The van der Waals surface area contributed by atoms with Crippen LogP contribution in [0, 0.1) is 11.8 Å². The predicted molar refractivity (Wildman–Crippen MR) is 70.9 cm³/mol. The lowest BCUT2D eigenvalue weighted by atomic mass is 9.89. The number of esters is 1. The van der Waals surface area contributed by atoms with Gasteiger partial charge < -0.3 is 4.74 Å². The molecule has 19 heavy (non-hydrogen) atoms. The molecular weight excluding hydrogens is 244 g/mol. The van der Waals surface area contributed by atoms with Crippen molar-refractivity contribution in [2.75, 3.05) is 6.61 Å². The van der Waals surface area contributed by atoms with E-state index in [2.05, 4.69) is 0 Å². The van der Waals surface area contributed by atoms with Gasteiger partial charge in [-0.25, -0.2) is 9.90 Å². The van der Waals surface area contributed by atoms with Crippen LogP contribution in [-0.2, 0) is 19.4 Å². The van der Waals surface area contributed by atoms with Gasteiger partial charge in [-0.2, -0.15) is 0 Å². The molecule has 1 fully saturated rings. The maximum absolute atomic E-state index is 11.7. The van der Waals surface area contributed by atoms with Crippen LogP contribution in [0.4, 0.5) is 0 Å². The van der Waals surface area contributed by atoms with Crippen LogP contribution in [0.25, 0.3) is 0 Å². The van der Waals surface area contributed by atoms with E-state index in [0.717, 1.165) is 38.5 Å². The van der Waals surface area contributed by atoms with Crippen molar-refractivity contribution < 1.29 is 19.4 Å². The number of rotatable bonds is 8. The summed E-state index contributed by atoms with van der Waals surface area (Å²) < 4.78 is 5.26. The van der Waals surface area contributed by atoms with Gasteiger partial charge in [-0.05, 0) is 38.5 Å². The maximum Gasteiger partial charge on any atom is 0.358 e. The van der Waals surface area contributed by atoms with Crippen LogP contribution < -0.4 is 0 Å². The summed E-state index contributed by atoms with van der Waals surface area (Å²) in [6.45, 7) is 2.27. The molecule has 0 saturated heterocycles. The quantitative estimate of drug-likeness (QED) is 0.502. The van der Waals surface area contributed by atoms with E-state index < -0.39 is 5.97 Å². The molecule has 0 aromatic carbocycles. The molecule has 1 aliphatic carbocycles. The molecule has 0 bridgehead atoms. The molecule has 4 nitrogen and oxygen atoms in total. The Kier molecular flexibility index (Phi) is 7.53. The predicted octanol–water partition coefficient (Wildman–Crippen LogP) is 3.26. The van der Waals surface area contributed by atoms with Crippen molar-refractivity contribution >= 4 is 11.9 Å². The summed E-state index contributed by atoms with van der Waals surface area (Å²) in [5.74, 6) is -1.30. The zero-order chi connectivity index (χ0) is 14.1. The lowest BCUT2D eigenvalue weighted by Crippen LogP contribution is -2.20. The monoisotopic (exact) mass is 269 g/mol. The number of carbonyl (C=O) groups excluding carboxylic acids is 2. The number of hydrogen-bond donors (Lipinski definition) is 0. The highest BCUT2D eigenvalue weighted by Crippen LogP contribution is 2.24. The van der Waals surface area contributed by atoms with Crippen LogP contribution in [-0.4, -0.2) is 18.5 Å². The van der Waals surface area contributed by atoms with Gasteiger partial charge in [0.25, 0.3) is 0 Å². The molecule has 109 valence electrons. The van der Waals surface area contributed by atoms with Crippen molar-refractivity contribution in [2.45, 2.75) is 64.7 Å². The second-order valence-electron chi connectivity index (χ2n) is 5.42. The molecule has 1 radical (unpaired) electrons. The smallest absolute Gasteiger partial charge is 0.358 e. The zero-order valence-corrected chi connectivity index (χ0v) is 11.9. The maximum atomic E-state index is 11.7. The summed E-state index contributed by atoms with van der Waals surface area (Å²) in [4.78, 5) is 22.4. The fourth-order valence-electron chi connectivity index (χ4n) is 2.61. The van der Waals surface area contributed by atoms with Crippen LogP contribution in [0.2, 0.25) is 0 Å². The van der Waals surface area contributed by atoms with Crippen molar-refractivity contribution in [2.24, 2.45) is 11.8 Å². The molecule has 0 heterocycles. The van der Waals surface area contributed by atoms with Gasteiger partial charge in [0.2, 0.25) is 0 Å². The van der Waals surface area contributed by atoms with Gasteiger partial charge in [0.1, 0.15) is 0 Å². The Morgan fingerprint density at radius 2 is 1.84 bits per heavy atom. The summed E-state index contributed by atoms with van der Waals surface area (Å²) in [5, 5.41) is 10.7. The van der Waals surface area contributed by atoms with Gasteiger partial charge >= 0.3 is 11.9 Å². The van der Waals surface area contributed by atoms with Crippen molar-refractivity contribution in [3.8, 4) is 0 Å². The third-order valence-electron chi connectivity index (χ3n) is 3.96. The Labute approximate surface area is 115 Å². The van der Waals surface area contributed by atoms with E-state index in [1.807, 2.05) is 6.92 Å². The molecule has 0 spiro atoms. The van der Waals surface area contributed by atoms with E-state index in [1.54, 1.807) is 0 Å². The molecule has 1 unspecified atom stereocenters. The Bertz CT molecular complexity index is 282. The largest absolute Gasteiger partial charge is 0.465 e. The first kappa shape index (κ1) is 16.0. The van der Waals surface area contributed by atoms with Crippen molar-refractivity contribution in [3.05, 3.63) is 0 Å². The Balaban J connectivity index is 2.06. The third-order valence-corrected chi connectivity index (χ3v) is 3.96. The first-order valence-electron chi connectivity index (χ1n) is 7.52. The minimum absolute atomic E-state index is 0.0633. The van der Waals surface area contributed by atoms with Crippen LogP contribution in [0.5, 0.6) is 0 Å². The molecule has 4 heteroatoms. The second kappa shape index (κ2) is 8.94. The van der Waals surface area contributed by atoms with Crippen molar-refractivity contribution in [1.82, 2.24) is 0 Å². The highest BCUT2D eigenvalue weighted by Gasteiger charge is 2.22. The molecular formula is C15H25O4. The van der Waals surface area contributed by atoms with Gasteiger partial charge in [-0.1, -0.05) is 26.2 Å². The Morgan fingerprint density at radius 1 is 1.16 bits per heavy atom. The van der Waals surface area contributed by atoms with Crippen LogP contribution in [0.3, 0.4) is 0 Å². The SMILES string of the molecule is CCC(CCCCOC(=O)C1CCCCC1)C([O])=O. The minimum atomic E-state index is -0.971. The summed E-state index contributed by atoms with van der Waals surface area (Å²) in [6.07, 6.45) is 8.12. The molecule has 0 aliphatic heterocycles. The standard InChI is InChI=1S/C15H25O4/c1-2-12(14(16)17)8-6-7-11-19-15(18)13-9-4-3-5-10-13/h12-13H,2-11H2,1H3. The summed E-state index contributed by atoms with van der Waals surface area (Å²) in [6, 6.07) is 0. The molecule has 1 aliphatic rings. The summed E-state index contributed by atoms with van der Waals surface area (Å²) in [5.41, 5.74) is 0. The van der Waals surface area contributed by atoms with E-state index in [4.69, 9.17) is 4.74 Å². The fourth-order valence-corrected chi connectivity index (χ4v) is 2.61. The normalized spacial score (nSPS) is 17.9. The van der Waals surface area contributed by atoms with Gasteiger partial charge in [0, 0.05) is 0 Å². The van der Waals surface area contributed by atoms with Crippen LogP contribution in [0.1, 0.15) is 64.7 Å². The molecule has 0 N–H and O–H groups in total. The highest BCUT2D eigenvalue weighted by atomic mass is 16.5. The second-order valence-corrected chi connectivity index (χ2v) is 5.42. The molecule has 0 aromatic heterocycles. The first-order chi connectivity index (χ1) is 9.15. The lowest BCUT2D eigenvalue weighted by Gasteiger charge is -2.19. The molecule has 0 aromatic rings. The Morgan fingerprint density at radius 3 is 2.42 bits per heavy atom. The molecule has 1 rings (SSSR count). The topological polar surface area (TPSA) is 63.3 Å². The van der Waals surface area contributed by atoms with Crippen molar-refractivity contribution in [1.29, 1.82) is 0 Å². The number of carbonyl (C=O) groups is 2. The summed E-state index contributed by atoms with van der Waals surface area (Å²) >= 11 is 0. The average molecular weight is 269 g/mol. The van der Waals surface area contributed by atoms with Crippen molar-refractivity contribution in [3.63, 3.8) is 0 Å². The van der Waals surface area contributed by atoms with E-state index >= 15 is 0 Å². The average Bonchev–Trinajstić information content (AvgIpc) is 2.43. The Hall–Kier alpha value is -1.06.